The highest BCUT2D eigenvalue weighted by Gasteiger charge is 2.50. The van der Waals surface area contributed by atoms with Crippen LogP contribution in [0.15, 0.2) is 48.5 Å². The minimum absolute atomic E-state index is 0.170. The number of hydrogen-bond donors (Lipinski definition) is 2. The molecule has 1 saturated heterocycles. The third-order valence-corrected chi connectivity index (χ3v) is 4.68. The molecule has 25 heavy (non-hydrogen) atoms. The van der Waals surface area contributed by atoms with Crippen molar-refractivity contribution in [3.8, 4) is 0 Å². The van der Waals surface area contributed by atoms with Crippen molar-refractivity contribution in [1.29, 1.82) is 0 Å². The van der Waals surface area contributed by atoms with E-state index in [0.29, 0.717) is 15.6 Å². The number of nitrogens with zero attached hydrogens (tertiary/aromatic N) is 1. The number of benzene rings is 2. The van der Waals surface area contributed by atoms with Gasteiger partial charge < -0.3 is 5.32 Å². The fourth-order valence-electron chi connectivity index (χ4n) is 2.51. The van der Waals surface area contributed by atoms with Gasteiger partial charge in [-0.1, -0.05) is 53.5 Å². The lowest BCUT2D eigenvalue weighted by Crippen LogP contribution is -2.47. The molecule has 6 nitrogen and oxygen atoms in total. The first-order valence-corrected chi connectivity index (χ1v) is 8.07. The molecule has 0 bridgehead atoms. The molecule has 3 rings (SSSR count). The maximum absolute atomic E-state index is 12.7. The lowest BCUT2D eigenvalue weighted by Gasteiger charge is -2.22. The molecule has 0 radical (unpaired) electrons. The first-order chi connectivity index (χ1) is 11.8. The Kier molecular flexibility index (Phi) is 4.41. The summed E-state index contributed by atoms with van der Waals surface area (Å²) in [6.45, 7) is 1.58. The van der Waals surface area contributed by atoms with Gasteiger partial charge >= 0.3 is 6.03 Å². The lowest BCUT2D eigenvalue weighted by atomic mass is 9.92. The lowest BCUT2D eigenvalue weighted by molar-refractivity contribution is -0.132. The SMILES string of the molecule is C[C@]1(c2ccccc2)NC(=O)N(NC(=O)c2ccc(Cl)c(Cl)c2)C1=O. The van der Waals surface area contributed by atoms with E-state index in [1.165, 1.54) is 18.2 Å². The van der Waals surface area contributed by atoms with Gasteiger partial charge in [0.25, 0.3) is 11.8 Å². The van der Waals surface area contributed by atoms with Crippen LogP contribution in [0.5, 0.6) is 0 Å². The molecule has 0 aliphatic carbocycles. The number of halogens is 2. The van der Waals surface area contributed by atoms with E-state index >= 15 is 0 Å². The number of carbonyl (C=O) groups is 3. The van der Waals surface area contributed by atoms with Crippen LogP contribution >= 0.6 is 23.2 Å². The first kappa shape index (κ1) is 17.3. The summed E-state index contributed by atoms with van der Waals surface area (Å²) in [4.78, 5) is 37.2. The number of hydrogen-bond acceptors (Lipinski definition) is 3. The molecule has 1 fully saturated rings. The van der Waals surface area contributed by atoms with Crippen LogP contribution in [-0.2, 0) is 10.3 Å². The maximum Gasteiger partial charge on any atom is 0.344 e. The van der Waals surface area contributed by atoms with Crippen molar-refractivity contribution < 1.29 is 14.4 Å². The summed E-state index contributed by atoms with van der Waals surface area (Å²) in [7, 11) is 0. The molecule has 1 atom stereocenters. The second kappa shape index (κ2) is 6.38. The van der Waals surface area contributed by atoms with Gasteiger partial charge in [-0.15, -0.1) is 0 Å². The van der Waals surface area contributed by atoms with Gasteiger partial charge in [-0.25, -0.2) is 4.79 Å². The number of nitrogens with one attached hydrogen (secondary N) is 2. The Morgan fingerprint density at radius 1 is 1.08 bits per heavy atom. The van der Waals surface area contributed by atoms with Gasteiger partial charge in [-0.3, -0.25) is 15.0 Å². The summed E-state index contributed by atoms with van der Waals surface area (Å²) >= 11 is 11.7. The fraction of sp³-hybridized carbons (Fsp3) is 0.118. The third-order valence-electron chi connectivity index (χ3n) is 3.94. The predicted molar refractivity (Wildman–Crippen MR) is 93.1 cm³/mol. The fourth-order valence-corrected chi connectivity index (χ4v) is 2.81. The zero-order valence-electron chi connectivity index (χ0n) is 13.0. The minimum Gasteiger partial charge on any atom is -0.318 e. The average Bonchev–Trinajstić information content (AvgIpc) is 2.82. The van der Waals surface area contributed by atoms with E-state index in [0.717, 1.165) is 0 Å². The molecule has 8 heteroatoms. The maximum atomic E-state index is 12.7. The Balaban J connectivity index is 1.83. The Hall–Kier alpha value is -2.57. The summed E-state index contributed by atoms with van der Waals surface area (Å²) in [5.74, 6) is -1.24. The van der Waals surface area contributed by atoms with Crippen LogP contribution in [0.4, 0.5) is 4.79 Å². The molecule has 0 saturated carbocycles. The summed E-state index contributed by atoms with van der Waals surface area (Å²) in [6.07, 6.45) is 0. The van der Waals surface area contributed by atoms with Crippen molar-refractivity contribution in [2.45, 2.75) is 12.5 Å². The molecule has 0 spiro atoms. The number of imide groups is 1. The second-order valence-corrected chi connectivity index (χ2v) is 6.45. The first-order valence-electron chi connectivity index (χ1n) is 7.31. The Bertz CT molecular complexity index is 873. The predicted octanol–water partition coefficient (Wildman–Crippen LogP) is 3.11. The van der Waals surface area contributed by atoms with Crippen molar-refractivity contribution in [3.05, 3.63) is 69.7 Å². The van der Waals surface area contributed by atoms with Crippen LogP contribution in [0.1, 0.15) is 22.8 Å². The van der Waals surface area contributed by atoms with Gasteiger partial charge in [-0.2, -0.15) is 5.01 Å². The highest BCUT2D eigenvalue weighted by molar-refractivity contribution is 6.42. The van der Waals surface area contributed by atoms with Crippen molar-refractivity contribution >= 4 is 41.0 Å². The molecule has 1 heterocycles. The molecular weight excluding hydrogens is 365 g/mol. The van der Waals surface area contributed by atoms with Gasteiger partial charge in [0.1, 0.15) is 5.54 Å². The van der Waals surface area contributed by atoms with Gasteiger partial charge in [-0.05, 0) is 30.7 Å². The number of rotatable bonds is 3. The molecule has 0 aromatic heterocycles. The summed E-state index contributed by atoms with van der Waals surface area (Å²) in [6, 6.07) is 12.3. The van der Waals surface area contributed by atoms with E-state index in [9.17, 15) is 14.4 Å². The molecule has 1 aliphatic rings. The second-order valence-electron chi connectivity index (χ2n) is 5.63. The standard InChI is InChI=1S/C17H13Cl2N3O3/c1-17(11-5-3-2-4-6-11)15(24)22(16(25)20-17)21-14(23)10-7-8-12(18)13(19)9-10/h2-9H,1H3,(H,20,25)(H,21,23)/t17-/m1/s1. The number of amides is 4. The highest BCUT2D eigenvalue weighted by Crippen LogP contribution is 2.28. The van der Waals surface area contributed by atoms with Crippen LogP contribution in [-0.4, -0.2) is 22.9 Å². The van der Waals surface area contributed by atoms with E-state index in [-0.39, 0.29) is 10.6 Å². The van der Waals surface area contributed by atoms with Crippen LogP contribution in [0, 0.1) is 0 Å². The molecule has 2 N–H and O–H groups in total. The van der Waals surface area contributed by atoms with Gasteiger partial charge in [0.05, 0.1) is 10.0 Å². The Labute approximate surface area is 153 Å². The zero-order valence-corrected chi connectivity index (χ0v) is 14.6. The third kappa shape index (κ3) is 3.06. The molecule has 2 aromatic carbocycles. The zero-order chi connectivity index (χ0) is 18.2. The molecule has 2 aromatic rings. The van der Waals surface area contributed by atoms with Crippen LogP contribution in [0.2, 0.25) is 10.0 Å². The van der Waals surface area contributed by atoms with Crippen LogP contribution < -0.4 is 10.7 Å². The number of hydrazine groups is 1. The van der Waals surface area contributed by atoms with Crippen molar-refractivity contribution in [2.75, 3.05) is 0 Å². The van der Waals surface area contributed by atoms with Crippen molar-refractivity contribution in [3.63, 3.8) is 0 Å². The number of urea groups is 1. The quantitative estimate of drug-likeness (QED) is 0.806. The smallest absolute Gasteiger partial charge is 0.318 e. The van der Waals surface area contributed by atoms with Crippen molar-refractivity contribution in [1.82, 2.24) is 15.8 Å². The van der Waals surface area contributed by atoms with E-state index in [1.807, 2.05) is 0 Å². The van der Waals surface area contributed by atoms with Crippen LogP contribution in [0.3, 0.4) is 0 Å². The summed E-state index contributed by atoms with van der Waals surface area (Å²) < 4.78 is 0. The summed E-state index contributed by atoms with van der Waals surface area (Å²) in [5, 5.41) is 3.76. The normalized spacial score (nSPS) is 19.7. The monoisotopic (exact) mass is 377 g/mol. The minimum atomic E-state index is -1.26. The summed E-state index contributed by atoms with van der Waals surface area (Å²) in [5.41, 5.74) is 1.82. The molecule has 1 aliphatic heterocycles. The van der Waals surface area contributed by atoms with E-state index in [4.69, 9.17) is 23.2 Å². The molecule has 128 valence electrons. The molecule has 0 unspecified atom stereocenters. The topological polar surface area (TPSA) is 78.5 Å². The van der Waals surface area contributed by atoms with E-state index < -0.39 is 23.4 Å². The van der Waals surface area contributed by atoms with Crippen LogP contribution in [0.25, 0.3) is 0 Å². The van der Waals surface area contributed by atoms with Crippen molar-refractivity contribution in [2.24, 2.45) is 0 Å². The largest absolute Gasteiger partial charge is 0.344 e. The van der Waals surface area contributed by atoms with E-state index in [1.54, 1.807) is 37.3 Å². The highest BCUT2D eigenvalue weighted by atomic mass is 35.5. The molecular formula is C17H13Cl2N3O3. The van der Waals surface area contributed by atoms with Gasteiger partial charge in [0.2, 0.25) is 0 Å². The molecule has 4 amide bonds. The van der Waals surface area contributed by atoms with Gasteiger partial charge in [0, 0.05) is 5.56 Å². The Morgan fingerprint density at radius 3 is 2.40 bits per heavy atom. The van der Waals surface area contributed by atoms with Gasteiger partial charge in [0.15, 0.2) is 0 Å². The Morgan fingerprint density at radius 2 is 1.76 bits per heavy atom. The number of carbonyl (C=O) groups excluding carboxylic acids is 3. The average molecular weight is 378 g/mol. The van der Waals surface area contributed by atoms with E-state index in [2.05, 4.69) is 10.7 Å².